The molecule has 5 nitrogen and oxygen atoms in total. The van der Waals surface area contributed by atoms with E-state index >= 15 is 0 Å². The highest BCUT2D eigenvalue weighted by molar-refractivity contribution is 9.10. The van der Waals surface area contributed by atoms with Crippen LogP contribution >= 0.6 is 27.5 Å². The van der Waals surface area contributed by atoms with Crippen LogP contribution in [0.4, 0.5) is 0 Å². The van der Waals surface area contributed by atoms with Gasteiger partial charge in [0.25, 0.3) is 5.91 Å². The van der Waals surface area contributed by atoms with E-state index in [1.807, 2.05) is 6.92 Å². The normalized spacial score (nSPS) is 10.7. The fraction of sp³-hybridized carbons (Fsp3) is 0.125. The zero-order valence-corrected chi connectivity index (χ0v) is 14.6. The molecule has 0 radical (unpaired) electrons. The minimum absolute atomic E-state index is 0.0224. The van der Waals surface area contributed by atoms with E-state index < -0.39 is 0 Å². The molecule has 0 bridgehead atoms. The van der Waals surface area contributed by atoms with Crippen molar-refractivity contribution < 1.29 is 14.6 Å². The summed E-state index contributed by atoms with van der Waals surface area (Å²) in [6.07, 6.45) is 1.46. The molecule has 120 valence electrons. The first-order valence-electron chi connectivity index (χ1n) is 6.75. The number of carbonyl (C=O) groups is 1. The number of phenols is 1. The molecule has 0 saturated heterocycles. The molecule has 7 heteroatoms. The third-order valence-corrected chi connectivity index (χ3v) is 3.69. The van der Waals surface area contributed by atoms with Crippen LogP contribution < -0.4 is 10.2 Å². The predicted octanol–water partition coefficient (Wildman–Crippen LogP) is 3.97. The Morgan fingerprint density at radius 2 is 2.09 bits per heavy atom. The van der Waals surface area contributed by atoms with Gasteiger partial charge in [0.15, 0.2) is 11.5 Å². The lowest BCUT2D eigenvalue weighted by Crippen LogP contribution is -2.17. The van der Waals surface area contributed by atoms with Crippen LogP contribution in [0.3, 0.4) is 0 Å². The van der Waals surface area contributed by atoms with E-state index in [1.165, 1.54) is 6.21 Å². The molecule has 0 aliphatic carbocycles. The molecule has 0 unspecified atom stereocenters. The standard InChI is InChI=1S/C16H14BrClN2O3/c1-2-23-14-8-10(7-13(17)15(14)21)9-19-20-16(22)11-3-5-12(18)6-4-11/h3-9,21H,2H2,1H3,(H,20,22). The van der Waals surface area contributed by atoms with E-state index in [9.17, 15) is 9.90 Å². The van der Waals surface area contributed by atoms with Gasteiger partial charge in [0, 0.05) is 10.6 Å². The van der Waals surface area contributed by atoms with Crippen LogP contribution in [0.25, 0.3) is 0 Å². The fourth-order valence-corrected chi connectivity index (χ4v) is 2.35. The van der Waals surface area contributed by atoms with Crippen LogP contribution in [0.2, 0.25) is 5.02 Å². The first-order chi connectivity index (χ1) is 11.0. The zero-order valence-electron chi connectivity index (χ0n) is 12.2. The summed E-state index contributed by atoms with van der Waals surface area (Å²) in [6.45, 7) is 2.24. The highest BCUT2D eigenvalue weighted by Crippen LogP contribution is 2.34. The fourth-order valence-electron chi connectivity index (χ4n) is 1.77. The van der Waals surface area contributed by atoms with Crippen molar-refractivity contribution >= 4 is 39.7 Å². The van der Waals surface area contributed by atoms with Gasteiger partial charge in [-0.05, 0) is 64.8 Å². The van der Waals surface area contributed by atoms with E-state index in [-0.39, 0.29) is 11.7 Å². The van der Waals surface area contributed by atoms with Gasteiger partial charge in [-0.1, -0.05) is 11.6 Å². The summed E-state index contributed by atoms with van der Waals surface area (Å²) in [6, 6.07) is 9.77. The number of nitrogens with zero attached hydrogens (tertiary/aromatic N) is 1. The number of halogens is 2. The molecule has 0 atom stereocenters. The number of aromatic hydroxyl groups is 1. The topological polar surface area (TPSA) is 70.9 Å². The molecule has 1 amide bonds. The molecule has 0 aliphatic rings. The number of hydrogen-bond donors (Lipinski definition) is 2. The summed E-state index contributed by atoms with van der Waals surface area (Å²) in [7, 11) is 0. The molecule has 0 aromatic heterocycles. The molecular weight excluding hydrogens is 384 g/mol. The summed E-state index contributed by atoms with van der Waals surface area (Å²) in [5.41, 5.74) is 3.54. The molecular formula is C16H14BrClN2O3. The number of rotatable bonds is 5. The largest absolute Gasteiger partial charge is 0.503 e. The summed E-state index contributed by atoms with van der Waals surface area (Å²) in [4.78, 5) is 11.9. The maximum atomic E-state index is 11.9. The smallest absolute Gasteiger partial charge is 0.271 e. The lowest BCUT2D eigenvalue weighted by atomic mass is 10.2. The van der Waals surface area contributed by atoms with Gasteiger partial charge in [0.05, 0.1) is 17.3 Å². The molecule has 0 fully saturated rings. The summed E-state index contributed by atoms with van der Waals surface area (Å²) >= 11 is 9.01. The van der Waals surface area contributed by atoms with E-state index in [0.29, 0.717) is 33.0 Å². The highest BCUT2D eigenvalue weighted by Gasteiger charge is 2.08. The number of ether oxygens (including phenoxy) is 1. The number of hydrazone groups is 1. The highest BCUT2D eigenvalue weighted by atomic mass is 79.9. The Hall–Kier alpha value is -2.05. The van der Waals surface area contributed by atoms with Gasteiger partial charge in [-0.15, -0.1) is 0 Å². The van der Waals surface area contributed by atoms with E-state index in [1.54, 1.807) is 36.4 Å². The van der Waals surface area contributed by atoms with Gasteiger partial charge < -0.3 is 9.84 Å². The SMILES string of the molecule is CCOc1cc(C=NNC(=O)c2ccc(Cl)cc2)cc(Br)c1O. The van der Waals surface area contributed by atoms with Crippen LogP contribution in [0.15, 0.2) is 46.0 Å². The number of carbonyl (C=O) groups excluding carboxylic acids is 1. The van der Waals surface area contributed by atoms with Gasteiger partial charge in [0.2, 0.25) is 0 Å². The monoisotopic (exact) mass is 396 g/mol. The minimum Gasteiger partial charge on any atom is -0.503 e. The van der Waals surface area contributed by atoms with Crippen LogP contribution in [0.1, 0.15) is 22.8 Å². The lowest BCUT2D eigenvalue weighted by Gasteiger charge is -2.08. The van der Waals surface area contributed by atoms with Crippen molar-refractivity contribution in [1.29, 1.82) is 0 Å². The molecule has 0 heterocycles. The van der Waals surface area contributed by atoms with Crippen molar-refractivity contribution in [3.63, 3.8) is 0 Å². The van der Waals surface area contributed by atoms with Crippen molar-refractivity contribution in [2.24, 2.45) is 5.10 Å². The van der Waals surface area contributed by atoms with Crippen LogP contribution in [-0.4, -0.2) is 23.8 Å². The van der Waals surface area contributed by atoms with E-state index in [4.69, 9.17) is 16.3 Å². The van der Waals surface area contributed by atoms with Crippen molar-refractivity contribution in [1.82, 2.24) is 5.43 Å². The molecule has 0 saturated carbocycles. The van der Waals surface area contributed by atoms with Crippen molar-refractivity contribution in [2.45, 2.75) is 6.92 Å². The van der Waals surface area contributed by atoms with Gasteiger partial charge in [0.1, 0.15) is 0 Å². The third kappa shape index (κ3) is 4.71. The Morgan fingerprint density at radius 1 is 1.39 bits per heavy atom. The average Bonchev–Trinajstić information content (AvgIpc) is 2.53. The summed E-state index contributed by atoms with van der Waals surface area (Å²) in [5, 5.41) is 14.3. The quantitative estimate of drug-likeness (QED) is 0.592. The Morgan fingerprint density at radius 3 is 2.74 bits per heavy atom. The van der Waals surface area contributed by atoms with Gasteiger partial charge in [-0.2, -0.15) is 5.10 Å². The van der Waals surface area contributed by atoms with Crippen LogP contribution in [0, 0.1) is 0 Å². The lowest BCUT2D eigenvalue weighted by molar-refractivity contribution is 0.0955. The van der Waals surface area contributed by atoms with Crippen LogP contribution in [0.5, 0.6) is 11.5 Å². The molecule has 23 heavy (non-hydrogen) atoms. The average molecular weight is 398 g/mol. The first-order valence-corrected chi connectivity index (χ1v) is 7.92. The van der Waals surface area contributed by atoms with Crippen molar-refractivity contribution in [2.75, 3.05) is 6.61 Å². The number of benzene rings is 2. The number of phenolic OH excluding ortho intramolecular Hbond substituents is 1. The Bertz CT molecular complexity index is 733. The summed E-state index contributed by atoms with van der Waals surface area (Å²) in [5.74, 6) is 0.0161. The maximum absolute atomic E-state index is 11.9. The first kappa shape index (κ1) is 17.3. The number of nitrogens with one attached hydrogen (secondary N) is 1. The van der Waals surface area contributed by atoms with Crippen molar-refractivity contribution in [3.8, 4) is 11.5 Å². The number of amides is 1. The number of hydrogen-bond acceptors (Lipinski definition) is 4. The molecule has 2 aromatic rings. The summed E-state index contributed by atoms with van der Waals surface area (Å²) < 4.78 is 5.81. The second-order valence-electron chi connectivity index (χ2n) is 4.49. The van der Waals surface area contributed by atoms with Gasteiger partial charge in [-0.3, -0.25) is 4.79 Å². The van der Waals surface area contributed by atoms with Gasteiger partial charge >= 0.3 is 0 Å². The second kappa shape index (κ2) is 7.99. The Kier molecular flexibility index (Phi) is 6.01. The third-order valence-electron chi connectivity index (χ3n) is 2.84. The van der Waals surface area contributed by atoms with Crippen LogP contribution in [-0.2, 0) is 0 Å². The van der Waals surface area contributed by atoms with Crippen molar-refractivity contribution in [3.05, 3.63) is 57.0 Å². The molecule has 2 N–H and O–H groups in total. The minimum atomic E-state index is -0.346. The van der Waals surface area contributed by atoms with E-state index in [2.05, 4.69) is 26.5 Å². The zero-order chi connectivity index (χ0) is 16.8. The maximum Gasteiger partial charge on any atom is 0.271 e. The molecule has 2 rings (SSSR count). The second-order valence-corrected chi connectivity index (χ2v) is 5.78. The predicted molar refractivity (Wildman–Crippen MR) is 93.5 cm³/mol. The molecule has 2 aromatic carbocycles. The molecule has 0 aliphatic heterocycles. The Balaban J connectivity index is 2.08. The van der Waals surface area contributed by atoms with Gasteiger partial charge in [-0.25, -0.2) is 5.43 Å². The van der Waals surface area contributed by atoms with E-state index in [0.717, 1.165) is 0 Å². The Labute approximate surface area is 147 Å². The molecule has 0 spiro atoms.